The summed E-state index contributed by atoms with van der Waals surface area (Å²) in [6, 6.07) is 6.09. The molecule has 1 aromatic rings. The minimum Gasteiger partial charge on any atom is -0.352 e. The van der Waals surface area contributed by atoms with Crippen LogP contribution in [0.25, 0.3) is 0 Å². The molecular formula is C22H30N2O3S. The van der Waals surface area contributed by atoms with Gasteiger partial charge in [0.05, 0.1) is 4.90 Å². The van der Waals surface area contributed by atoms with Gasteiger partial charge in [0.2, 0.25) is 10.0 Å². The Balaban J connectivity index is 1.31. The molecule has 5 nitrogen and oxygen atoms in total. The molecule has 0 unspecified atom stereocenters. The zero-order valence-electron chi connectivity index (χ0n) is 16.3. The summed E-state index contributed by atoms with van der Waals surface area (Å²) in [5, 5.41) is 3.05. The average molecular weight is 403 g/mol. The first-order valence-electron chi connectivity index (χ1n) is 10.4. The van der Waals surface area contributed by atoms with Crippen LogP contribution in [0.5, 0.6) is 0 Å². The lowest BCUT2D eigenvalue weighted by Gasteiger charge is -2.57. The van der Waals surface area contributed by atoms with Crippen LogP contribution < -0.4 is 10.0 Å². The second-order valence-electron chi connectivity index (χ2n) is 9.09. The molecule has 1 amide bonds. The van der Waals surface area contributed by atoms with Gasteiger partial charge in [0.25, 0.3) is 5.91 Å². The van der Waals surface area contributed by atoms with E-state index in [-0.39, 0.29) is 17.3 Å². The summed E-state index contributed by atoms with van der Waals surface area (Å²) in [5.74, 6) is 2.64. The van der Waals surface area contributed by atoms with E-state index in [2.05, 4.69) is 16.6 Å². The van der Waals surface area contributed by atoms with Gasteiger partial charge in [-0.25, -0.2) is 13.1 Å². The van der Waals surface area contributed by atoms with Gasteiger partial charge in [-0.15, -0.1) is 6.58 Å². The summed E-state index contributed by atoms with van der Waals surface area (Å²) in [4.78, 5) is 12.6. The second-order valence-corrected chi connectivity index (χ2v) is 10.9. The van der Waals surface area contributed by atoms with Gasteiger partial charge < -0.3 is 5.32 Å². The molecule has 0 aliphatic heterocycles. The van der Waals surface area contributed by atoms with Crippen molar-refractivity contribution in [3.8, 4) is 0 Å². The average Bonchev–Trinajstić information content (AvgIpc) is 2.65. The monoisotopic (exact) mass is 402 g/mol. The Morgan fingerprint density at radius 3 is 2.18 bits per heavy atom. The SMILES string of the molecule is C=CCNS(=O)(=O)c1ccc(C(=O)NCCC23CC4CC(CC(C4)C2)C3)cc1. The number of benzene rings is 1. The fourth-order valence-electron chi connectivity index (χ4n) is 6.18. The van der Waals surface area contributed by atoms with Gasteiger partial charge in [-0.05, 0) is 92.4 Å². The zero-order chi connectivity index (χ0) is 19.8. The maximum absolute atomic E-state index is 12.5. The topological polar surface area (TPSA) is 75.3 Å². The molecule has 0 saturated heterocycles. The third kappa shape index (κ3) is 4.03. The summed E-state index contributed by atoms with van der Waals surface area (Å²) >= 11 is 0. The van der Waals surface area contributed by atoms with Gasteiger partial charge in [0, 0.05) is 18.7 Å². The van der Waals surface area contributed by atoms with Crippen LogP contribution in [-0.2, 0) is 10.0 Å². The maximum atomic E-state index is 12.5. The predicted molar refractivity (Wildman–Crippen MR) is 109 cm³/mol. The van der Waals surface area contributed by atoms with E-state index in [0.29, 0.717) is 17.5 Å². The molecule has 0 spiro atoms. The first-order valence-corrected chi connectivity index (χ1v) is 11.9. The van der Waals surface area contributed by atoms with Crippen LogP contribution in [0.3, 0.4) is 0 Å². The van der Waals surface area contributed by atoms with Gasteiger partial charge >= 0.3 is 0 Å². The molecule has 4 bridgehead atoms. The minimum absolute atomic E-state index is 0.132. The number of amides is 1. The van der Waals surface area contributed by atoms with Crippen LogP contribution in [0.1, 0.15) is 55.3 Å². The van der Waals surface area contributed by atoms with Crippen molar-refractivity contribution in [2.45, 2.75) is 49.8 Å². The summed E-state index contributed by atoms with van der Waals surface area (Å²) in [7, 11) is -3.56. The van der Waals surface area contributed by atoms with Crippen LogP contribution in [0, 0.1) is 23.2 Å². The molecular weight excluding hydrogens is 372 g/mol. The third-order valence-corrected chi connectivity index (χ3v) is 8.39. The Kier molecular flexibility index (Phi) is 5.36. The molecule has 28 heavy (non-hydrogen) atoms. The van der Waals surface area contributed by atoms with Gasteiger partial charge in [0.1, 0.15) is 0 Å². The van der Waals surface area contributed by atoms with Gasteiger partial charge in [-0.2, -0.15) is 0 Å². The number of sulfonamides is 1. The van der Waals surface area contributed by atoms with E-state index in [9.17, 15) is 13.2 Å². The van der Waals surface area contributed by atoms with E-state index in [0.717, 1.165) is 24.2 Å². The van der Waals surface area contributed by atoms with Crippen molar-refractivity contribution in [3.05, 3.63) is 42.5 Å². The summed E-state index contributed by atoms with van der Waals surface area (Å²) < 4.78 is 26.6. The molecule has 4 fully saturated rings. The van der Waals surface area contributed by atoms with Crippen LogP contribution in [-0.4, -0.2) is 27.4 Å². The molecule has 5 rings (SSSR count). The van der Waals surface area contributed by atoms with Crippen molar-refractivity contribution in [1.29, 1.82) is 0 Å². The Bertz CT molecular complexity index is 810. The number of carbonyl (C=O) groups is 1. The standard InChI is InChI=1S/C22H30N2O3S/c1-2-8-24-28(26,27)20-5-3-19(4-6-20)21(25)23-9-7-22-13-16-10-17(14-22)12-18(11-16)15-22/h2-6,16-18,24H,1,7-15H2,(H,23,25). The normalized spacial score (nSPS) is 30.9. The summed E-state index contributed by atoms with van der Waals surface area (Å²) in [5.41, 5.74) is 0.949. The van der Waals surface area contributed by atoms with E-state index in [4.69, 9.17) is 0 Å². The third-order valence-electron chi connectivity index (χ3n) is 6.95. The molecule has 4 aliphatic carbocycles. The van der Waals surface area contributed by atoms with E-state index >= 15 is 0 Å². The summed E-state index contributed by atoms with van der Waals surface area (Å²) in [6.45, 7) is 4.38. The lowest BCUT2D eigenvalue weighted by molar-refractivity contribution is -0.0564. The number of rotatable bonds is 8. The van der Waals surface area contributed by atoms with Crippen molar-refractivity contribution < 1.29 is 13.2 Å². The van der Waals surface area contributed by atoms with E-state index in [1.165, 1.54) is 56.7 Å². The molecule has 4 aliphatic rings. The lowest BCUT2D eigenvalue weighted by atomic mass is 9.49. The number of carbonyl (C=O) groups excluding carboxylic acids is 1. The highest BCUT2D eigenvalue weighted by Gasteiger charge is 2.50. The Morgan fingerprint density at radius 1 is 1.07 bits per heavy atom. The number of hydrogen-bond donors (Lipinski definition) is 2. The van der Waals surface area contributed by atoms with Gasteiger partial charge in [-0.3, -0.25) is 4.79 Å². The first kappa shape index (κ1) is 19.6. The van der Waals surface area contributed by atoms with Gasteiger partial charge in [0.15, 0.2) is 0 Å². The van der Waals surface area contributed by atoms with Crippen molar-refractivity contribution in [1.82, 2.24) is 10.0 Å². The second kappa shape index (κ2) is 7.64. The molecule has 2 N–H and O–H groups in total. The molecule has 1 aromatic carbocycles. The fourth-order valence-corrected chi connectivity index (χ4v) is 7.18. The first-order chi connectivity index (χ1) is 13.4. The summed E-state index contributed by atoms with van der Waals surface area (Å²) in [6.07, 6.45) is 10.9. The molecule has 0 radical (unpaired) electrons. The maximum Gasteiger partial charge on any atom is 0.251 e. The van der Waals surface area contributed by atoms with Crippen LogP contribution in [0.4, 0.5) is 0 Å². The molecule has 152 valence electrons. The Hall–Kier alpha value is -1.66. The van der Waals surface area contributed by atoms with Crippen molar-refractivity contribution >= 4 is 15.9 Å². The van der Waals surface area contributed by atoms with Crippen molar-refractivity contribution in [2.24, 2.45) is 23.2 Å². The fraction of sp³-hybridized carbons (Fsp3) is 0.591. The molecule has 4 saturated carbocycles. The van der Waals surface area contributed by atoms with Crippen LogP contribution in [0.2, 0.25) is 0 Å². The van der Waals surface area contributed by atoms with E-state index in [1.54, 1.807) is 12.1 Å². The Labute approximate surface area is 168 Å². The minimum atomic E-state index is -3.56. The highest BCUT2D eigenvalue weighted by atomic mass is 32.2. The van der Waals surface area contributed by atoms with Crippen molar-refractivity contribution in [2.75, 3.05) is 13.1 Å². The molecule has 6 heteroatoms. The highest BCUT2D eigenvalue weighted by molar-refractivity contribution is 7.89. The highest BCUT2D eigenvalue weighted by Crippen LogP contribution is 2.61. The zero-order valence-corrected chi connectivity index (χ0v) is 17.1. The van der Waals surface area contributed by atoms with E-state index < -0.39 is 10.0 Å². The van der Waals surface area contributed by atoms with Crippen LogP contribution in [0.15, 0.2) is 41.8 Å². The van der Waals surface area contributed by atoms with Crippen LogP contribution >= 0.6 is 0 Å². The smallest absolute Gasteiger partial charge is 0.251 e. The quantitative estimate of drug-likeness (QED) is 0.654. The molecule has 0 heterocycles. The number of nitrogens with one attached hydrogen (secondary N) is 2. The number of hydrogen-bond acceptors (Lipinski definition) is 3. The predicted octanol–water partition coefficient (Wildman–Crippen LogP) is 3.49. The molecule has 0 aromatic heterocycles. The van der Waals surface area contributed by atoms with Crippen molar-refractivity contribution in [3.63, 3.8) is 0 Å². The molecule has 0 atom stereocenters. The largest absolute Gasteiger partial charge is 0.352 e. The Morgan fingerprint density at radius 2 is 1.64 bits per heavy atom. The van der Waals surface area contributed by atoms with E-state index in [1.807, 2.05) is 0 Å². The lowest BCUT2D eigenvalue weighted by Crippen LogP contribution is -2.47. The van der Waals surface area contributed by atoms with Gasteiger partial charge in [-0.1, -0.05) is 6.08 Å².